The number of hydrogen-bond acceptors (Lipinski definition) is 13. The summed E-state index contributed by atoms with van der Waals surface area (Å²) in [6, 6.07) is 12.0. The molecule has 2 heterocycles. The third-order valence-corrected chi connectivity index (χ3v) is 10.1. The van der Waals surface area contributed by atoms with Crippen molar-refractivity contribution in [1.82, 2.24) is 20.4 Å². The second-order valence-electron chi connectivity index (χ2n) is 13.8. The Morgan fingerprint density at radius 2 is 1.24 bits per heavy atom. The van der Waals surface area contributed by atoms with Crippen molar-refractivity contribution in [3.8, 4) is 11.5 Å². The number of ether oxygens (including phenoxy) is 4. The van der Waals surface area contributed by atoms with Crippen LogP contribution in [0.15, 0.2) is 64.8 Å². The van der Waals surface area contributed by atoms with E-state index in [1.54, 1.807) is 0 Å². The number of nitrogens with zero attached hydrogens (tertiary/aromatic N) is 4. The number of Topliss-reactive ketones (excluding diaryl/α,β-unsaturated/α-hetero) is 1. The highest BCUT2D eigenvalue weighted by molar-refractivity contribution is 6.32. The molecule has 2 aliphatic rings. The molecule has 0 bridgehead atoms. The Kier molecular flexibility index (Phi) is 16.3. The van der Waals surface area contributed by atoms with E-state index in [9.17, 15) is 24.0 Å². The van der Waals surface area contributed by atoms with Crippen LogP contribution in [0.2, 0.25) is 5.02 Å². The van der Waals surface area contributed by atoms with E-state index in [0.29, 0.717) is 65.4 Å². The van der Waals surface area contributed by atoms with E-state index in [1.807, 2.05) is 13.8 Å². The van der Waals surface area contributed by atoms with Gasteiger partial charge in [0, 0.05) is 60.7 Å². The maximum absolute atomic E-state index is 13.7. The molecule has 3 aromatic rings. The van der Waals surface area contributed by atoms with Crippen LogP contribution < -0.4 is 30.7 Å². The Balaban J connectivity index is 1.32. The second-order valence-corrected chi connectivity index (χ2v) is 14.2. The van der Waals surface area contributed by atoms with Crippen LogP contribution in [0.4, 0.5) is 17.1 Å². The molecule has 3 atom stereocenters. The summed E-state index contributed by atoms with van der Waals surface area (Å²) in [5.74, 6) is -2.11. The van der Waals surface area contributed by atoms with Gasteiger partial charge in [-0.1, -0.05) is 25.4 Å². The number of carbonyl (C=O) groups is 5. The Labute approximate surface area is 348 Å². The van der Waals surface area contributed by atoms with Crippen LogP contribution in [0.5, 0.6) is 11.5 Å². The molecule has 0 saturated carbocycles. The minimum absolute atomic E-state index is 0.201. The molecule has 3 unspecified atom stereocenters. The average molecular weight is 835 g/mol. The first-order valence-electron chi connectivity index (χ1n) is 19.4. The van der Waals surface area contributed by atoms with Crippen LogP contribution in [0.1, 0.15) is 64.7 Å². The summed E-state index contributed by atoms with van der Waals surface area (Å²) in [6.45, 7) is 10.1. The summed E-state index contributed by atoms with van der Waals surface area (Å²) >= 11 is 6.17. The van der Waals surface area contributed by atoms with Crippen LogP contribution in [0.3, 0.4) is 0 Å². The number of amides is 4. The first kappa shape index (κ1) is 44.6. The maximum Gasteiger partial charge on any atom is 0.258 e. The monoisotopic (exact) mass is 834 g/mol. The van der Waals surface area contributed by atoms with E-state index < -0.39 is 35.5 Å². The molecule has 18 heteroatoms. The summed E-state index contributed by atoms with van der Waals surface area (Å²) < 4.78 is 21.5. The van der Waals surface area contributed by atoms with E-state index in [-0.39, 0.29) is 62.6 Å². The highest BCUT2D eigenvalue weighted by Gasteiger charge is 2.27. The maximum atomic E-state index is 13.7. The van der Waals surface area contributed by atoms with Gasteiger partial charge in [0.1, 0.15) is 11.5 Å². The van der Waals surface area contributed by atoms with Gasteiger partial charge in [-0.05, 0) is 62.2 Å². The summed E-state index contributed by atoms with van der Waals surface area (Å²) in [7, 11) is 2.82. The minimum atomic E-state index is -1.50. The number of rotatable bonds is 17. The molecule has 2 fully saturated rings. The molecule has 3 aromatic carbocycles. The smallest absolute Gasteiger partial charge is 0.258 e. The number of nitrogens with one attached hydrogen (secondary N) is 4. The van der Waals surface area contributed by atoms with Crippen molar-refractivity contribution >= 4 is 58.1 Å². The van der Waals surface area contributed by atoms with Gasteiger partial charge >= 0.3 is 0 Å². The fourth-order valence-corrected chi connectivity index (χ4v) is 6.83. The molecular weight excluding hydrogens is 784 g/mol. The summed E-state index contributed by atoms with van der Waals surface area (Å²) in [6.07, 6.45) is 0.804. The lowest BCUT2D eigenvalue weighted by atomic mass is 10.1. The van der Waals surface area contributed by atoms with Gasteiger partial charge < -0.3 is 40.2 Å². The number of benzene rings is 3. The lowest BCUT2D eigenvalue weighted by molar-refractivity contribution is -0.126. The van der Waals surface area contributed by atoms with E-state index >= 15 is 0 Å². The quantitative estimate of drug-likeness (QED) is 0.107. The Morgan fingerprint density at radius 1 is 0.712 bits per heavy atom. The normalized spacial score (nSPS) is 16.4. The lowest BCUT2D eigenvalue weighted by Gasteiger charge is -2.34. The van der Waals surface area contributed by atoms with E-state index in [0.717, 1.165) is 0 Å². The van der Waals surface area contributed by atoms with Gasteiger partial charge in [0.05, 0.1) is 69.4 Å². The number of carbonyl (C=O) groups excluding carboxylic acids is 5. The number of anilines is 2. The van der Waals surface area contributed by atoms with E-state index in [2.05, 4.69) is 41.3 Å². The Bertz CT molecular complexity index is 1940. The Morgan fingerprint density at radius 3 is 1.71 bits per heavy atom. The number of hydrogen-bond donors (Lipinski definition) is 4. The third-order valence-electron chi connectivity index (χ3n) is 9.84. The molecular formula is C41H51ClN8O9. The molecule has 316 valence electrons. The zero-order valence-corrected chi connectivity index (χ0v) is 34.6. The van der Waals surface area contributed by atoms with Crippen molar-refractivity contribution in [2.24, 2.45) is 10.2 Å². The average Bonchev–Trinajstić information content (AvgIpc) is 3.25. The molecule has 17 nitrogen and oxygen atoms in total. The second kappa shape index (κ2) is 21.5. The van der Waals surface area contributed by atoms with Crippen LogP contribution in [-0.4, -0.2) is 124 Å². The first-order chi connectivity index (χ1) is 28.4. The highest BCUT2D eigenvalue weighted by atomic mass is 35.5. The lowest BCUT2D eigenvalue weighted by Crippen LogP contribution is -2.52. The van der Waals surface area contributed by atoms with Crippen LogP contribution in [-0.2, 0) is 19.1 Å². The van der Waals surface area contributed by atoms with Crippen molar-refractivity contribution in [2.75, 3.05) is 77.5 Å². The SMILES string of the molecule is CCC(NC(=O)c1cc(NC(=O)c2ccc(N=NC(C(C)=O)C(=O)Nc3cc(OC)c(Cl)cc3OC)cc2)cc(C(=O)NC(CC)N2CCOCC2)c1)N1CCOCC1. The van der Waals surface area contributed by atoms with E-state index in [4.69, 9.17) is 30.5 Å². The van der Waals surface area contributed by atoms with Crippen LogP contribution in [0.25, 0.3) is 0 Å². The van der Waals surface area contributed by atoms with Gasteiger partial charge in [0.15, 0.2) is 5.78 Å². The van der Waals surface area contributed by atoms with Crippen LogP contribution in [0, 0.1) is 0 Å². The van der Waals surface area contributed by atoms with Crippen molar-refractivity contribution in [1.29, 1.82) is 0 Å². The fraction of sp³-hybridized carbons (Fsp3) is 0.439. The molecule has 2 aliphatic heterocycles. The number of methoxy groups -OCH3 is 2. The van der Waals surface area contributed by atoms with Gasteiger partial charge in [0.2, 0.25) is 6.04 Å². The van der Waals surface area contributed by atoms with Crippen molar-refractivity contribution in [3.63, 3.8) is 0 Å². The largest absolute Gasteiger partial charge is 0.495 e. The zero-order valence-electron chi connectivity index (χ0n) is 33.8. The number of ketones is 1. The molecule has 0 aromatic heterocycles. The van der Waals surface area contributed by atoms with Gasteiger partial charge in [0.25, 0.3) is 23.6 Å². The molecule has 5 rings (SSSR count). The molecule has 59 heavy (non-hydrogen) atoms. The first-order valence-corrected chi connectivity index (χ1v) is 19.8. The summed E-state index contributed by atoms with van der Waals surface area (Å²) in [5.41, 5.74) is 1.35. The van der Waals surface area contributed by atoms with Gasteiger partial charge in [-0.15, -0.1) is 0 Å². The van der Waals surface area contributed by atoms with Crippen LogP contribution >= 0.6 is 11.6 Å². The van der Waals surface area contributed by atoms with Gasteiger partial charge in [-0.2, -0.15) is 10.2 Å². The minimum Gasteiger partial charge on any atom is -0.495 e. The molecule has 4 amide bonds. The molecule has 2 saturated heterocycles. The summed E-state index contributed by atoms with van der Waals surface area (Å²) in [5, 5.41) is 19.9. The fourth-order valence-electron chi connectivity index (χ4n) is 6.60. The zero-order chi connectivity index (χ0) is 42.5. The standard InChI is InChI=1S/C41H51ClN8O9/c1-6-35(49-12-16-58-17-13-49)45-39(53)27-20-28(40(54)46-36(7-2)50-14-18-59-19-15-50)22-30(21-27)43-38(52)26-8-10-29(11-9-26)47-48-37(25(3)51)41(55)44-32-24-33(56-4)31(42)23-34(32)57-5/h8-11,20-24,35-37H,6-7,12-19H2,1-5H3,(H,43,52)(H,44,55)(H,45,53)(H,46,54). The van der Waals surface area contributed by atoms with Gasteiger partial charge in [-0.25, -0.2) is 0 Å². The molecule has 0 aliphatic carbocycles. The van der Waals surface area contributed by atoms with Gasteiger partial charge in [-0.3, -0.25) is 33.8 Å². The van der Waals surface area contributed by atoms with Crippen molar-refractivity contribution in [3.05, 3.63) is 76.3 Å². The topological polar surface area (TPSA) is 202 Å². The molecule has 4 N–H and O–H groups in total. The van der Waals surface area contributed by atoms with Crippen molar-refractivity contribution in [2.45, 2.75) is 52.0 Å². The highest BCUT2D eigenvalue weighted by Crippen LogP contribution is 2.36. The van der Waals surface area contributed by atoms with Crippen molar-refractivity contribution < 1.29 is 42.9 Å². The Hall–Kier alpha value is -5.46. The van der Waals surface area contributed by atoms with E-state index in [1.165, 1.54) is 75.7 Å². The number of halogens is 1. The third kappa shape index (κ3) is 12.0. The predicted octanol–water partition coefficient (Wildman–Crippen LogP) is 4.89. The summed E-state index contributed by atoms with van der Waals surface area (Å²) in [4.78, 5) is 70.9. The molecule has 0 spiro atoms. The number of azo groups is 1. The number of morpholine rings is 2. The predicted molar refractivity (Wildman–Crippen MR) is 221 cm³/mol. The molecule has 0 radical (unpaired) electrons.